The van der Waals surface area contributed by atoms with Crippen LogP contribution in [0.3, 0.4) is 0 Å². The van der Waals surface area contributed by atoms with Gasteiger partial charge in [0.15, 0.2) is 5.82 Å². The first kappa shape index (κ1) is 16.5. The van der Waals surface area contributed by atoms with Crippen molar-refractivity contribution in [2.75, 3.05) is 6.61 Å². The van der Waals surface area contributed by atoms with E-state index < -0.39 is 0 Å². The molecule has 0 N–H and O–H groups in total. The fourth-order valence-corrected chi connectivity index (χ4v) is 4.37. The van der Waals surface area contributed by atoms with Gasteiger partial charge in [0.2, 0.25) is 0 Å². The summed E-state index contributed by atoms with van der Waals surface area (Å²) in [6.45, 7) is 3.98. The van der Waals surface area contributed by atoms with Crippen LogP contribution in [-0.4, -0.2) is 27.2 Å². The zero-order valence-electron chi connectivity index (χ0n) is 14.5. The van der Waals surface area contributed by atoms with E-state index in [-0.39, 0.29) is 0 Å². The van der Waals surface area contributed by atoms with Gasteiger partial charge in [0.05, 0.1) is 11.0 Å². The molecule has 1 atom stereocenters. The SMILES string of the molecule is Cc1ccccc1-c1ncc(-c2nccn2CCC2CCCCO2)s1. The number of hydrogen-bond acceptors (Lipinski definition) is 4. The Kier molecular flexibility index (Phi) is 4.95. The largest absolute Gasteiger partial charge is 0.378 e. The average Bonchev–Trinajstić information content (AvgIpc) is 3.30. The molecule has 2 aromatic heterocycles. The lowest BCUT2D eigenvalue weighted by Crippen LogP contribution is -2.20. The van der Waals surface area contributed by atoms with E-state index in [4.69, 9.17) is 4.74 Å². The van der Waals surface area contributed by atoms with Gasteiger partial charge in [0.1, 0.15) is 5.01 Å². The molecule has 0 aliphatic carbocycles. The van der Waals surface area contributed by atoms with Crippen LogP contribution in [0.4, 0.5) is 0 Å². The van der Waals surface area contributed by atoms with Crippen molar-refractivity contribution in [1.82, 2.24) is 14.5 Å². The summed E-state index contributed by atoms with van der Waals surface area (Å²) in [4.78, 5) is 10.3. The van der Waals surface area contributed by atoms with Crippen molar-refractivity contribution in [3.63, 3.8) is 0 Å². The lowest BCUT2D eigenvalue weighted by atomic mass is 10.1. The number of thiazole rings is 1. The van der Waals surface area contributed by atoms with E-state index in [1.165, 1.54) is 30.4 Å². The summed E-state index contributed by atoms with van der Waals surface area (Å²) in [5, 5.41) is 1.05. The summed E-state index contributed by atoms with van der Waals surface area (Å²) in [6.07, 6.45) is 11.0. The topological polar surface area (TPSA) is 39.9 Å². The Morgan fingerprint density at radius 3 is 3.00 bits per heavy atom. The Hall–Kier alpha value is -1.98. The minimum absolute atomic E-state index is 0.396. The molecule has 4 nitrogen and oxygen atoms in total. The van der Waals surface area contributed by atoms with E-state index in [9.17, 15) is 0 Å². The molecule has 0 radical (unpaired) electrons. The summed E-state index contributed by atoms with van der Waals surface area (Å²) >= 11 is 1.71. The van der Waals surface area contributed by atoms with E-state index in [0.29, 0.717) is 6.10 Å². The third kappa shape index (κ3) is 3.67. The molecule has 0 spiro atoms. The zero-order valence-corrected chi connectivity index (χ0v) is 15.3. The number of hydrogen-bond donors (Lipinski definition) is 0. The molecule has 1 saturated heterocycles. The second-order valence-corrected chi connectivity index (χ2v) is 7.60. The van der Waals surface area contributed by atoms with Crippen molar-refractivity contribution in [3.8, 4) is 21.3 Å². The standard InChI is InChI=1S/C20H23N3OS/c1-15-6-2-3-8-17(15)20-22-14-18(25-20)19-21-10-12-23(19)11-9-16-7-4-5-13-24-16/h2-3,6,8,10,12,14,16H,4-5,7,9,11,13H2,1H3. The lowest BCUT2D eigenvalue weighted by molar-refractivity contribution is 0.00888. The van der Waals surface area contributed by atoms with Gasteiger partial charge < -0.3 is 9.30 Å². The van der Waals surface area contributed by atoms with Crippen molar-refractivity contribution in [3.05, 3.63) is 48.4 Å². The van der Waals surface area contributed by atoms with Gasteiger partial charge in [0.25, 0.3) is 0 Å². The molecule has 0 amide bonds. The smallest absolute Gasteiger partial charge is 0.151 e. The highest BCUT2D eigenvalue weighted by Crippen LogP contribution is 2.33. The maximum absolute atomic E-state index is 5.85. The molecule has 1 aliphatic rings. The first-order valence-corrected chi connectivity index (χ1v) is 9.78. The van der Waals surface area contributed by atoms with E-state index in [1.54, 1.807) is 11.3 Å². The maximum Gasteiger partial charge on any atom is 0.151 e. The highest BCUT2D eigenvalue weighted by molar-refractivity contribution is 7.18. The van der Waals surface area contributed by atoms with Gasteiger partial charge in [-0.1, -0.05) is 24.3 Å². The molecular weight excluding hydrogens is 330 g/mol. The molecule has 1 fully saturated rings. The summed E-state index contributed by atoms with van der Waals surface area (Å²) in [7, 11) is 0. The van der Waals surface area contributed by atoms with E-state index in [1.807, 2.05) is 12.4 Å². The summed E-state index contributed by atoms with van der Waals surface area (Å²) < 4.78 is 8.08. The molecule has 3 heterocycles. The molecule has 130 valence electrons. The third-order valence-electron chi connectivity index (χ3n) is 4.78. The van der Waals surface area contributed by atoms with Crippen LogP contribution in [0.15, 0.2) is 42.9 Å². The predicted octanol–water partition coefficient (Wildman–Crippen LogP) is 4.94. The van der Waals surface area contributed by atoms with Crippen LogP contribution in [-0.2, 0) is 11.3 Å². The number of imidazole rings is 1. The van der Waals surface area contributed by atoms with Gasteiger partial charge in [-0.05, 0) is 38.2 Å². The molecular formula is C20H23N3OS. The van der Waals surface area contributed by atoms with Gasteiger partial charge in [-0.25, -0.2) is 9.97 Å². The van der Waals surface area contributed by atoms with Crippen LogP contribution in [0.2, 0.25) is 0 Å². The van der Waals surface area contributed by atoms with Gasteiger partial charge in [-0.3, -0.25) is 0 Å². The summed E-state index contributed by atoms with van der Waals surface area (Å²) in [5.41, 5.74) is 2.45. The zero-order chi connectivity index (χ0) is 17.1. The molecule has 1 aromatic carbocycles. The lowest BCUT2D eigenvalue weighted by Gasteiger charge is -2.22. The molecule has 0 bridgehead atoms. The molecule has 1 unspecified atom stereocenters. The van der Waals surface area contributed by atoms with Crippen molar-refractivity contribution in [2.24, 2.45) is 0 Å². The maximum atomic E-state index is 5.85. The number of aromatic nitrogens is 3. The van der Waals surface area contributed by atoms with Crippen LogP contribution in [0.1, 0.15) is 31.2 Å². The van der Waals surface area contributed by atoms with Crippen molar-refractivity contribution >= 4 is 11.3 Å². The average molecular weight is 353 g/mol. The van der Waals surface area contributed by atoms with Crippen molar-refractivity contribution in [2.45, 2.75) is 45.3 Å². The molecule has 4 rings (SSSR count). The number of aryl methyl sites for hydroxylation is 2. The minimum atomic E-state index is 0.396. The van der Waals surface area contributed by atoms with Crippen LogP contribution >= 0.6 is 11.3 Å². The van der Waals surface area contributed by atoms with E-state index >= 15 is 0 Å². The Labute approximate surface area is 152 Å². The van der Waals surface area contributed by atoms with Gasteiger partial charge >= 0.3 is 0 Å². The Morgan fingerprint density at radius 2 is 2.16 bits per heavy atom. The third-order valence-corrected chi connectivity index (χ3v) is 5.81. The van der Waals surface area contributed by atoms with Crippen LogP contribution in [0.5, 0.6) is 0 Å². The summed E-state index contributed by atoms with van der Waals surface area (Å²) in [5.74, 6) is 1.01. The normalized spacial score (nSPS) is 17.7. The van der Waals surface area contributed by atoms with Gasteiger partial charge in [-0.15, -0.1) is 11.3 Å². The Morgan fingerprint density at radius 1 is 1.24 bits per heavy atom. The second-order valence-electron chi connectivity index (χ2n) is 6.57. The van der Waals surface area contributed by atoms with Gasteiger partial charge in [-0.2, -0.15) is 0 Å². The van der Waals surface area contributed by atoms with Crippen LogP contribution in [0.25, 0.3) is 21.3 Å². The quantitative estimate of drug-likeness (QED) is 0.652. The molecule has 5 heteroatoms. The van der Waals surface area contributed by atoms with E-state index in [0.717, 1.165) is 35.3 Å². The monoisotopic (exact) mass is 353 g/mol. The van der Waals surface area contributed by atoms with Crippen molar-refractivity contribution < 1.29 is 4.74 Å². The van der Waals surface area contributed by atoms with E-state index in [2.05, 4.69) is 51.9 Å². The van der Waals surface area contributed by atoms with Crippen LogP contribution < -0.4 is 0 Å². The Balaban J connectivity index is 1.51. The second kappa shape index (κ2) is 7.50. The molecule has 3 aromatic rings. The minimum Gasteiger partial charge on any atom is -0.378 e. The number of nitrogens with zero attached hydrogens (tertiary/aromatic N) is 3. The number of benzene rings is 1. The molecule has 0 saturated carbocycles. The predicted molar refractivity (Wildman–Crippen MR) is 102 cm³/mol. The molecule has 25 heavy (non-hydrogen) atoms. The highest BCUT2D eigenvalue weighted by Gasteiger charge is 2.16. The van der Waals surface area contributed by atoms with Gasteiger partial charge in [0, 0.05) is 37.3 Å². The number of ether oxygens (including phenoxy) is 1. The first-order valence-electron chi connectivity index (χ1n) is 8.96. The fraction of sp³-hybridized carbons (Fsp3) is 0.400. The fourth-order valence-electron chi connectivity index (χ4n) is 3.35. The molecule has 1 aliphatic heterocycles. The number of rotatable bonds is 5. The Bertz CT molecular complexity index is 833. The first-order chi connectivity index (χ1) is 12.3. The summed E-state index contributed by atoms with van der Waals surface area (Å²) in [6, 6.07) is 8.38. The van der Waals surface area contributed by atoms with Crippen molar-refractivity contribution in [1.29, 1.82) is 0 Å². The van der Waals surface area contributed by atoms with Crippen LogP contribution in [0, 0.1) is 6.92 Å². The highest BCUT2D eigenvalue weighted by atomic mass is 32.1.